The van der Waals surface area contributed by atoms with E-state index in [0.717, 1.165) is 22.0 Å². The van der Waals surface area contributed by atoms with E-state index in [1.54, 1.807) is 11.1 Å². The van der Waals surface area contributed by atoms with Crippen molar-refractivity contribution in [3.63, 3.8) is 0 Å². The predicted molar refractivity (Wildman–Crippen MR) is 120 cm³/mol. The fourth-order valence-electron chi connectivity index (χ4n) is 4.54. The van der Waals surface area contributed by atoms with Crippen LogP contribution in [0.1, 0.15) is 51.5 Å². The minimum absolute atomic E-state index is 0.0141. The zero-order valence-electron chi connectivity index (χ0n) is 18.7. The first-order valence-corrected chi connectivity index (χ1v) is 12.0. The second-order valence-electron chi connectivity index (χ2n) is 8.88. The molecule has 0 spiro atoms. The maximum Gasteiger partial charge on any atom is 0.416 e. The number of amides is 2. The van der Waals surface area contributed by atoms with Crippen LogP contribution < -0.4 is 10.6 Å². The highest BCUT2D eigenvalue weighted by molar-refractivity contribution is 7.11. The van der Waals surface area contributed by atoms with Crippen molar-refractivity contribution < 1.29 is 27.9 Å². The molecule has 7 nitrogen and oxygen atoms in total. The number of thiazole rings is 1. The van der Waals surface area contributed by atoms with Gasteiger partial charge in [-0.05, 0) is 50.8 Å². The number of aliphatic hydroxyl groups is 1. The van der Waals surface area contributed by atoms with Gasteiger partial charge in [0.25, 0.3) is 5.91 Å². The summed E-state index contributed by atoms with van der Waals surface area (Å²) in [6.45, 7) is 2.87. The number of halogens is 3. The van der Waals surface area contributed by atoms with Gasteiger partial charge >= 0.3 is 6.18 Å². The van der Waals surface area contributed by atoms with Crippen molar-refractivity contribution >= 4 is 23.2 Å². The zero-order valence-corrected chi connectivity index (χ0v) is 19.5. The molecule has 2 heterocycles. The molecule has 2 amide bonds. The first kappa shape index (κ1) is 24.6. The molecule has 1 saturated carbocycles. The maximum atomic E-state index is 13.1. The van der Waals surface area contributed by atoms with E-state index in [-0.39, 0.29) is 30.1 Å². The summed E-state index contributed by atoms with van der Waals surface area (Å²) in [5.74, 6) is -1.01. The van der Waals surface area contributed by atoms with Crippen LogP contribution >= 0.6 is 11.3 Å². The van der Waals surface area contributed by atoms with Crippen molar-refractivity contribution in [1.82, 2.24) is 20.5 Å². The Hall–Kier alpha value is -2.50. The first-order valence-electron chi connectivity index (χ1n) is 11.2. The predicted octanol–water partition coefficient (Wildman–Crippen LogP) is 2.83. The fraction of sp³-hybridized carbons (Fsp3) is 0.522. The normalized spacial score (nSPS) is 23.3. The fourth-order valence-corrected chi connectivity index (χ4v) is 5.47. The quantitative estimate of drug-likeness (QED) is 0.572. The molecule has 2 aliphatic rings. The van der Waals surface area contributed by atoms with E-state index in [4.69, 9.17) is 0 Å². The largest absolute Gasteiger partial charge is 0.416 e. The summed E-state index contributed by atoms with van der Waals surface area (Å²) in [5.41, 5.74) is -2.02. The molecule has 0 atom stereocenters. The Morgan fingerprint density at radius 2 is 1.97 bits per heavy atom. The van der Waals surface area contributed by atoms with E-state index in [2.05, 4.69) is 15.6 Å². The summed E-state index contributed by atoms with van der Waals surface area (Å²) in [5, 5.41) is 17.6. The van der Waals surface area contributed by atoms with Gasteiger partial charge < -0.3 is 20.6 Å². The van der Waals surface area contributed by atoms with E-state index in [9.17, 15) is 27.9 Å². The van der Waals surface area contributed by atoms with Crippen LogP contribution in [0.4, 0.5) is 13.2 Å². The Balaban J connectivity index is 1.39. The monoisotopic (exact) mass is 496 g/mol. The van der Waals surface area contributed by atoms with E-state index in [1.165, 1.54) is 23.5 Å². The van der Waals surface area contributed by atoms with Crippen molar-refractivity contribution in [2.45, 2.75) is 56.5 Å². The number of carbonyl (C=O) groups excluding carboxylic acids is 2. The molecule has 1 aliphatic carbocycles. The van der Waals surface area contributed by atoms with Gasteiger partial charge in [-0.2, -0.15) is 13.2 Å². The lowest BCUT2D eigenvalue weighted by Crippen LogP contribution is -2.63. The van der Waals surface area contributed by atoms with Gasteiger partial charge in [0.15, 0.2) is 0 Å². The van der Waals surface area contributed by atoms with Gasteiger partial charge in [-0.15, -0.1) is 11.3 Å². The van der Waals surface area contributed by atoms with Gasteiger partial charge in [0.05, 0.1) is 28.0 Å². The SMILES string of the molecule is Cc1ncc(C2(O)CCC(N(C(=O)CNC(=O)c3cccc(C(F)(F)F)c3)C3CNC3)CC2)s1. The van der Waals surface area contributed by atoms with Crippen molar-refractivity contribution in [1.29, 1.82) is 0 Å². The lowest BCUT2D eigenvalue weighted by Gasteiger charge is -2.46. The first-order chi connectivity index (χ1) is 16.1. The van der Waals surface area contributed by atoms with Crippen molar-refractivity contribution in [2.75, 3.05) is 19.6 Å². The zero-order chi connectivity index (χ0) is 24.5. The van der Waals surface area contributed by atoms with Gasteiger partial charge in [-0.3, -0.25) is 9.59 Å². The molecule has 0 bridgehead atoms. The van der Waals surface area contributed by atoms with Crippen LogP contribution in [0, 0.1) is 6.92 Å². The molecule has 1 aliphatic heterocycles. The number of hydrogen-bond donors (Lipinski definition) is 3. The highest BCUT2D eigenvalue weighted by Gasteiger charge is 2.42. The number of nitrogens with zero attached hydrogens (tertiary/aromatic N) is 2. The van der Waals surface area contributed by atoms with Crippen LogP contribution in [0.3, 0.4) is 0 Å². The molecular formula is C23H27F3N4O3S. The Morgan fingerprint density at radius 1 is 1.26 bits per heavy atom. The average molecular weight is 497 g/mol. The minimum atomic E-state index is -4.55. The Bertz CT molecular complexity index is 1050. The standard InChI is InChI=1S/C23H27F3N4O3S/c1-14-28-12-19(34-14)22(33)7-5-17(6-8-22)30(18-10-27-11-18)20(31)13-29-21(32)15-3-2-4-16(9-15)23(24,25)26/h2-4,9,12,17-18,27,33H,5-8,10-11,13H2,1H3,(H,29,32). The number of nitrogens with one attached hydrogen (secondary N) is 2. The number of rotatable bonds is 6. The van der Waals surface area contributed by atoms with Crippen molar-refractivity contribution in [3.8, 4) is 0 Å². The smallest absolute Gasteiger partial charge is 0.384 e. The molecule has 0 radical (unpaired) electrons. The number of alkyl halides is 3. The molecule has 1 aromatic carbocycles. The molecule has 2 aromatic rings. The molecule has 4 rings (SSSR count). The van der Waals surface area contributed by atoms with Crippen LogP contribution in [0.5, 0.6) is 0 Å². The molecule has 11 heteroatoms. The van der Waals surface area contributed by atoms with E-state index < -0.39 is 23.2 Å². The number of hydrogen-bond acceptors (Lipinski definition) is 6. The summed E-state index contributed by atoms with van der Waals surface area (Å²) in [6, 6.07) is 4.02. The van der Waals surface area contributed by atoms with E-state index in [1.807, 2.05) is 6.92 Å². The van der Waals surface area contributed by atoms with Crippen LogP contribution in [0.25, 0.3) is 0 Å². The third-order valence-corrected chi connectivity index (χ3v) is 7.66. The highest BCUT2D eigenvalue weighted by Crippen LogP contribution is 2.41. The van der Waals surface area contributed by atoms with Crippen molar-refractivity contribution in [3.05, 3.63) is 51.5 Å². The summed E-state index contributed by atoms with van der Waals surface area (Å²) in [7, 11) is 0. The molecular weight excluding hydrogens is 469 g/mol. The molecule has 0 unspecified atom stereocenters. The van der Waals surface area contributed by atoms with Crippen LogP contribution in [0.15, 0.2) is 30.5 Å². The van der Waals surface area contributed by atoms with Crippen LogP contribution in [-0.4, -0.2) is 58.5 Å². The second-order valence-corrected chi connectivity index (χ2v) is 10.1. The number of benzene rings is 1. The Kier molecular flexibility index (Phi) is 6.97. The highest BCUT2D eigenvalue weighted by atomic mass is 32.1. The molecule has 1 saturated heterocycles. The molecule has 2 fully saturated rings. The average Bonchev–Trinajstić information content (AvgIpc) is 3.22. The summed E-state index contributed by atoms with van der Waals surface area (Å²) >= 11 is 1.47. The van der Waals surface area contributed by atoms with E-state index in [0.29, 0.717) is 38.8 Å². The molecule has 184 valence electrons. The lowest BCUT2D eigenvalue weighted by molar-refractivity contribution is -0.139. The molecule has 3 N–H and O–H groups in total. The van der Waals surface area contributed by atoms with Gasteiger partial charge in [-0.1, -0.05) is 6.07 Å². The van der Waals surface area contributed by atoms with Gasteiger partial charge in [0.1, 0.15) is 5.60 Å². The van der Waals surface area contributed by atoms with Crippen LogP contribution in [0.2, 0.25) is 0 Å². The summed E-state index contributed by atoms with van der Waals surface area (Å²) in [4.78, 5) is 32.4. The minimum Gasteiger partial charge on any atom is -0.384 e. The number of aromatic nitrogens is 1. The third-order valence-electron chi connectivity index (χ3n) is 6.55. The summed E-state index contributed by atoms with van der Waals surface area (Å²) < 4.78 is 38.8. The van der Waals surface area contributed by atoms with Crippen molar-refractivity contribution in [2.24, 2.45) is 0 Å². The maximum absolute atomic E-state index is 13.1. The van der Waals surface area contributed by atoms with Gasteiger partial charge in [-0.25, -0.2) is 4.98 Å². The number of aryl methyl sites for hydroxylation is 1. The molecule has 1 aromatic heterocycles. The second kappa shape index (κ2) is 9.63. The third kappa shape index (κ3) is 5.26. The Morgan fingerprint density at radius 3 is 2.53 bits per heavy atom. The van der Waals surface area contributed by atoms with E-state index >= 15 is 0 Å². The van der Waals surface area contributed by atoms with Crippen LogP contribution in [-0.2, 0) is 16.6 Å². The van der Waals surface area contributed by atoms with Gasteiger partial charge in [0.2, 0.25) is 5.91 Å². The van der Waals surface area contributed by atoms with Gasteiger partial charge in [0, 0.05) is 30.9 Å². The lowest BCUT2D eigenvalue weighted by atomic mass is 9.80. The molecule has 34 heavy (non-hydrogen) atoms. The topological polar surface area (TPSA) is 94.6 Å². The Labute approximate surface area is 199 Å². The summed E-state index contributed by atoms with van der Waals surface area (Å²) in [6.07, 6.45) is -0.627. The number of carbonyl (C=O) groups is 2.